The Morgan fingerprint density at radius 1 is 1.15 bits per heavy atom. The third kappa shape index (κ3) is 4.61. The number of hydrogen-bond donors (Lipinski definition) is 2. The minimum atomic E-state index is -0.356. The fraction of sp³-hybridized carbons (Fsp3) is 0.269. The molecule has 0 aliphatic heterocycles. The smallest absolute Gasteiger partial charge is 0.260 e. The van der Waals surface area contributed by atoms with Crippen molar-refractivity contribution in [2.45, 2.75) is 49.4 Å². The van der Waals surface area contributed by atoms with E-state index in [9.17, 15) is 9.59 Å². The van der Waals surface area contributed by atoms with E-state index >= 15 is 0 Å². The van der Waals surface area contributed by atoms with Crippen molar-refractivity contribution in [3.8, 4) is 11.1 Å². The number of rotatable bonds is 6. The van der Waals surface area contributed by atoms with Gasteiger partial charge in [-0.15, -0.1) is 11.3 Å². The Hall–Kier alpha value is -2.90. The Labute approximate surface area is 200 Å². The van der Waals surface area contributed by atoms with E-state index in [1.807, 2.05) is 42.6 Å². The van der Waals surface area contributed by atoms with Crippen LogP contribution in [0.2, 0.25) is 0 Å². The van der Waals surface area contributed by atoms with Crippen molar-refractivity contribution in [1.82, 2.24) is 9.97 Å². The van der Waals surface area contributed by atoms with Gasteiger partial charge in [0.1, 0.15) is 4.83 Å². The average Bonchev–Trinajstić information content (AvgIpc) is 3.27. The van der Waals surface area contributed by atoms with E-state index in [1.54, 1.807) is 0 Å². The van der Waals surface area contributed by atoms with E-state index in [2.05, 4.69) is 28.5 Å². The predicted octanol–water partition coefficient (Wildman–Crippen LogP) is 6.04. The summed E-state index contributed by atoms with van der Waals surface area (Å²) < 4.78 is 0. The van der Waals surface area contributed by atoms with E-state index < -0.39 is 0 Å². The first-order valence-electron chi connectivity index (χ1n) is 11.3. The number of thiophene rings is 1. The average molecular weight is 476 g/mol. The fourth-order valence-electron chi connectivity index (χ4n) is 4.30. The lowest BCUT2D eigenvalue weighted by molar-refractivity contribution is -0.115. The van der Waals surface area contributed by atoms with Gasteiger partial charge in [-0.05, 0) is 60.9 Å². The van der Waals surface area contributed by atoms with Gasteiger partial charge in [0.25, 0.3) is 5.56 Å². The van der Waals surface area contributed by atoms with Gasteiger partial charge in [0.15, 0.2) is 5.16 Å². The van der Waals surface area contributed by atoms with Gasteiger partial charge in [0.2, 0.25) is 5.91 Å². The third-order valence-corrected chi connectivity index (χ3v) is 8.16. The second kappa shape index (κ2) is 9.53. The molecule has 0 bridgehead atoms. The summed E-state index contributed by atoms with van der Waals surface area (Å²) in [6.45, 7) is 1.96. The second-order valence-electron chi connectivity index (χ2n) is 8.26. The summed E-state index contributed by atoms with van der Waals surface area (Å²) in [5.74, 6) is -0.0997. The molecule has 0 saturated carbocycles. The number of nitrogens with one attached hydrogen (secondary N) is 2. The molecule has 4 aromatic rings. The summed E-state index contributed by atoms with van der Waals surface area (Å²) in [4.78, 5) is 34.1. The van der Waals surface area contributed by atoms with Crippen molar-refractivity contribution >= 4 is 44.9 Å². The number of anilines is 1. The summed E-state index contributed by atoms with van der Waals surface area (Å²) in [6.07, 6.45) is 5.33. The first-order valence-corrected chi connectivity index (χ1v) is 13.0. The van der Waals surface area contributed by atoms with E-state index in [-0.39, 0.29) is 16.7 Å². The highest BCUT2D eigenvalue weighted by Gasteiger charge is 2.21. The van der Waals surface area contributed by atoms with Gasteiger partial charge < -0.3 is 10.3 Å². The van der Waals surface area contributed by atoms with Crippen LogP contribution in [0.15, 0.2) is 63.9 Å². The molecule has 0 spiro atoms. The number of carbonyl (C=O) groups excluding carboxylic acids is 1. The SMILES string of the molecule is CCC(Sc1nc2scc(-c3ccc4c(c3)CCCC4)c2c(=O)[nH]1)C(=O)Nc1ccccc1. The minimum absolute atomic E-state index is 0.0997. The number of nitrogens with zero attached hydrogens (tertiary/aromatic N) is 1. The monoisotopic (exact) mass is 475 g/mol. The van der Waals surface area contributed by atoms with Crippen molar-refractivity contribution in [2.24, 2.45) is 0 Å². The molecule has 1 aliphatic rings. The molecule has 1 amide bonds. The summed E-state index contributed by atoms with van der Waals surface area (Å²) >= 11 is 2.77. The van der Waals surface area contributed by atoms with Gasteiger partial charge in [-0.1, -0.05) is 55.1 Å². The number of fused-ring (bicyclic) bond motifs is 2. The number of H-pyrrole nitrogens is 1. The molecule has 0 saturated heterocycles. The number of thioether (sulfide) groups is 1. The number of carbonyl (C=O) groups is 1. The molecule has 1 aliphatic carbocycles. The predicted molar refractivity (Wildman–Crippen MR) is 137 cm³/mol. The molecule has 0 radical (unpaired) electrons. The number of aryl methyl sites for hydroxylation is 2. The van der Waals surface area contributed by atoms with Gasteiger partial charge in [-0.3, -0.25) is 9.59 Å². The maximum Gasteiger partial charge on any atom is 0.260 e. The van der Waals surface area contributed by atoms with Crippen molar-refractivity contribution in [3.63, 3.8) is 0 Å². The van der Waals surface area contributed by atoms with Crippen molar-refractivity contribution in [2.75, 3.05) is 5.32 Å². The molecule has 1 unspecified atom stereocenters. The summed E-state index contributed by atoms with van der Waals surface area (Å²) in [6, 6.07) is 15.9. The fourth-order valence-corrected chi connectivity index (χ4v) is 6.20. The van der Waals surface area contributed by atoms with Gasteiger partial charge in [-0.25, -0.2) is 4.98 Å². The van der Waals surface area contributed by atoms with Crippen molar-refractivity contribution in [3.05, 3.63) is 75.4 Å². The minimum Gasteiger partial charge on any atom is -0.325 e. The Morgan fingerprint density at radius 3 is 2.73 bits per heavy atom. The number of amides is 1. The molecule has 5 nitrogen and oxygen atoms in total. The number of para-hydroxylation sites is 1. The van der Waals surface area contributed by atoms with Crippen LogP contribution >= 0.6 is 23.1 Å². The quantitative estimate of drug-likeness (QED) is 0.263. The third-order valence-electron chi connectivity index (χ3n) is 6.04. The zero-order valence-corrected chi connectivity index (χ0v) is 20.0. The second-order valence-corrected chi connectivity index (χ2v) is 10.3. The van der Waals surface area contributed by atoms with Crippen LogP contribution in [0.4, 0.5) is 5.69 Å². The number of benzene rings is 2. The van der Waals surface area contributed by atoms with Crippen LogP contribution < -0.4 is 10.9 Å². The number of hydrogen-bond acceptors (Lipinski definition) is 5. The Bertz CT molecular complexity index is 1360. The van der Waals surface area contributed by atoms with Gasteiger partial charge in [0, 0.05) is 16.6 Å². The van der Waals surface area contributed by atoms with E-state index in [4.69, 9.17) is 4.98 Å². The maximum atomic E-state index is 13.1. The zero-order valence-electron chi connectivity index (χ0n) is 18.4. The number of aromatic amines is 1. The molecule has 2 aromatic carbocycles. The first kappa shape index (κ1) is 21.9. The molecule has 0 fully saturated rings. The highest BCUT2D eigenvalue weighted by molar-refractivity contribution is 8.00. The molecule has 2 heterocycles. The molecule has 1 atom stereocenters. The van der Waals surface area contributed by atoms with Crippen molar-refractivity contribution in [1.29, 1.82) is 0 Å². The van der Waals surface area contributed by atoms with Gasteiger partial charge in [0.05, 0.1) is 10.6 Å². The van der Waals surface area contributed by atoms with Crippen LogP contribution in [0.25, 0.3) is 21.3 Å². The first-order chi connectivity index (χ1) is 16.1. The van der Waals surface area contributed by atoms with E-state index in [0.717, 1.165) is 29.7 Å². The Balaban J connectivity index is 1.41. The molecule has 7 heteroatoms. The lowest BCUT2D eigenvalue weighted by Gasteiger charge is -2.16. The molecule has 2 N–H and O–H groups in total. The molecule has 5 rings (SSSR count). The maximum absolute atomic E-state index is 13.1. The van der Waals surface area contributed by atoms with E-state index in [0.29, 0.717) is 21.8 Å². The summed E-state index contributed by atoms with van der Waals surface area (Å²) in [5.41, 5.74) is 5.42. The lowest BCUT2D eigenvalue weighted by atomic mass is 9.89. The largest absolute Gasteiger partial charge is 0.325 e. The Morgan fingerprint density at radius 2 is 1.94 bits per heavy atom. The molecule has 2 aromatic heterocycles. The zero-order chi connectivity index (χ0) is 22.8. The number of aromatic nitrogens is 2. The summed E-state index contributed by atoms with van der Waals surface area (Å²) in [5, 5.41) is 5.70. The highest BCUT2D eigenvalue weighted by Crippen LogP contribution is 2.34. The Kier molecular flexibility index (Phi) is 6.33. The lowest BCUT2D eigenvalue weighted by Crippen LogP contribution is -2.25. The normalized spacial score (nSPS) is 14.1. The van der Waals surface area contributed by atoms with Crippen LogP contribution in [0.1, 0.15) is 37.3 Å². The van der Waals surface area contributed by atoms with Gasteiger partial charge >= 0.3 is 0 Å². The molecule has 33 heavy (non-hydrogen) atoms. The topological polar surface area (TPSA) is 74.8 Å². The molecule has 168 valence electrons. The van der Waals surface area contributed by atoms with Crippen LogP contribution in [-0.2, 0) is 17.6 Å². The van der Waals surface area contributed by atoms with Crippen molar-refractivity contribution < 1.29 is 4.79 Å². The van der Waals surface area contributed by atoms with Crippen LogP contribution in [-0.4, -0.2) is 21.1 Å². The van der Waals surface area contributed by atoms with Crippen LogP contribution in [0.5, 0.6) is 0 Å². The summed E-state index contributed by atoms with van der Waals surface area (Å²) in [7, 11) is 0. The standard InChI is InChI=1S/C26H25N3O2S2/c1-2-21(23(30)27-19-10-4-3-5-11-19)33-26-28-24(31)22-20(15-32-25(22)29-26)18-13-12-16-8-6-7-9-17(16)14-18/h3-5,10-15,21H,2,6-9H2,1H3,(H,27,30)(H,28,29,31). The molecular weight excluding hydrogens is 450 g/mol. The molecular formula is C26H25N3O2S2. The van der Waals surface area contributed by atoms with E-state index in [1.165, 1.54) is 47.1 Å². The highest BCUT2D eigenvalue weighted by atomic mass is 32.2. The van der Waals surface area contributed by atoms with Crippen LogP contribution in [0.3, 0.4) is 0 Å². The van der Waals surface area contributed by atoms with Gasteiger partial charge in [-0.2, -0.15) is 0 Å². The van der Waals surface area contributed by atoms with Crippen LogP contribution in [0, 0.1) is 0 Å².